The third-order valence-electron chi connectivity index (χ3n) is 3.35. The molecule has 0 unspecified atom stereocenters. The lowest BCUT2D eigenvalue weighted by Crippen LogP contribution is -2.35. The minimum atomic E-state index is -1.19. The summed E-state index contributed by atoms with van der Waals surface area (Å²) in [4.78, 5) is 35.6. The molecule has 1 atom stereocenters. The van der Waals surface area contributed by atoms with Crippen molar-refractivity contribution in [2.45, 2.75) is 13.0 Å². The summed E-state index contributed by atoms with van der Waals surface area (Å²) in [6.07, 6.45) is -1.19. The van der Waals surface area contributed by atoms with Crippen LogP contribution in [0, 0.1) is 11.6 Å². The van der Waals surface area contributed by atoms with Gasteiger partial charge in [0.15, 0.2) is 6.10 Å². The van der Waals surface area contributed by atoms with Crippen molar-refractivity contribution in [3.8, 4) is 0 Å². The molecular weight excluding hydrogens is 382 g/mol. The lowest BCUT2D eigenvalue weighted by molar-refractivity contribution is -0.152. The Balaban J connectivity index is 1.83. The zero-order valence-electron chi connectivity index (χ0n) is 14.1. The van der Waals surface area contributed by atoms with E-state index >= 15 is 0 Å². The summed E-state index contributed by atoms with van der Waals surface area (Å²) in [5.41, 5.74) is 0.199. The summed E-state index contributed by atoms with van der Waals surface area (Å²) >= 11 is 5.80. The summed E-state index contributed by atoms with van der Waals surface area (Å²) in [5.74, 6) is -3.37. The number of rotatable bonds is 6. The van der Waals surface area contributed by atoms with Crippen LogP contribution in [0.1, 0.15) is 17.3 Å². The van der Waals surface area contributed by atoms with Crippen molar-refractivity contribution in [1.29, 1.82) is 0 Å². The number of halogens is 3. The van der Waals surface area contributed by atoms with Gasteiger partial charge in [0.2, 0.25) is 0 Å². The number of nitrogens with one attached hydrogen (secondary N) is 2. The van der Waals surface area contributed by atoms with Gasteiger partial charge in [0.1, 0.15) is 18.2 Å². The summed E-state index contributed by atoms with van der Waals surface area (Å²) in [7, 11) is 0. The average molecular weight is 397 g/mol. The highest BCUT2D eigenvalue weighted by Gasteiger charge is 2.19. The number of esters is 1. The van der Waals surface area contributed by atoms with Gasteiger partial charge in [-0.2, -0.15) is 0 Å². The van der Waals surface area contributed by atoms with Crippen molar-refractivity contribution in [3.05, 3.63) is 64.7 Å². The predicted molar refractivity (Wildman–Crippen MR) is 94.3 cm³/mol. The van der Waals surface area contributed by atoms with Crippen LogP contribution in [0.3, 0.4) is 0 Å². The molecule has 2 rings (SSSR count). The Hall–Kier alpha value is -3.00. The first-order valence-electron chi connectivity index (χ1n) is 7.75. The van der Waals surface area contributed by atoms with Gasteiger partial charge >= 0.3 is 5.97 Å². The quantitative estimate of drug-likeness (QED) is 0.735. The summed E-state index contributed by atoms with van der Waals surface area (Å²) in [6, 6.07) is 8.34. The van der Waals surface area contributed by atoms with Gasteiger partial charge in [0, 0.05) is 5.56 Å². The molecule has 0 aromatic heterocycles. The lowest BCUT2D eigenvalue weighted by Gasteiger charge is -2.14. The zero-order chi connectivity index (χ0) is 20.0. The van der Waals surface area contributed by atoms with Crippen molar-refractivity contribution in [2.75, 3.05) is 11.9 Å². The number of anilines is 1. The highest BCUT2D eigenvalue weighted by atomic mass is 35.5. The molecular formula is C18H15ClF2N2O4. The molecule has 27 heavy (non-hydrogen) atoms. The zero-order valence-corrected chi connectivity index (χ0v) is 14.8. The van der Waals surface area contributed by atoms with Crippen LogP contribution in [0.15, 0.2) is 42.5 Å². The van der Waals surface area contributed by atoms with Crippen LogP contribution in [0.2, 0.25) is 5.02 Å². The fraction of sp³-hybridized carbons (Fsp3) is 0.167. The van der Waals surface area contributed by atoms with Crippen LogP contribution in [0.25, 0.3) is 0 Å². The normalized spacial score (nSPS) is 11.4. The van der Waals surface area contributed by atoms with E-state index in [-0.39, 0.29) is 16.3 Å². The third-order valence-corrected chi connectivity index (χ3v) is 3.66. The Kier molecular flexibility index (Phi) is 6.84. The van der Waals surface area contributed by atoms with Gasteiger partial charge < -0.3 is 15.4 Å². The van der Waals surface area contributed by atoms with E-state index in [2.05, 4.69) is 10.6 Å². The molecule has 0 fully saturated rings. The number of benzene rings is 2. The lowest BCUT2D eigenvalue weighted by atomic mass is 10.2. The molecule has 9 heteroatoms. The van der Waals surface area contributed by atoms with Crippen LogP contribution in [0.5, 0.6) is 0 Å². The molecule has 0 aliphatic rings. The van der Waals surface area contributed by atoms with Gasteiger partial charge in [-0.25, -0.2) is 8.78 Å². The number of amides is 2. The molecule has 142 valence electrons. The second-order valence-electron chi connectivity index (χ2n) is 5.44. The van der Waals surface area contributed by atoms with E-state index in [1.165, 1.54) is 31.2 Å². The summed E-state index contributed by atoms with van der Waals surface area (Å²) < 4.78 is 31.0. The first kappa shape index (κ1) is 20.3. The highest BCUT2D eigenvalue weighted by molar-refractivity contribution is 6.33. The van der Waals surface area contributed by atoms with Crippen LogP contribution in [0.4, 0.5) is 14.5 Å². The fourth-order valence-corrected chi connectivity index (χ4v) is 2.22. The molecule has 0 spiro atoms. The van der Waals surface area contributed by atoms with E-state index < -0.39 is 42.1 Å². The molecule has 0 radical (unpaired) electrons. The fourth-order valence-electron chi connectivity index (χ4n) is 2.00. The predicted octanol–water partition coefficient (Wildman–Crippen LogP) is 2.92. The van der Waals surface area contributed by atoms with E-state index in [4.69, 9.17) is 16.3 Å². The van der Waals surface area contributed by atoms with Crippen molar-refractivity contribution in [1.82, 2.24) is 5.32 Å². The Morgan fingerprint density at radius 2 is 1.81 bits per heavy atom. The molecule has 0 aliphatic carbocycles. The van der Waals surface area contributed by atoms with Gasteiger partial charge in [-0.15, -0.1) is 0 Å². The SMILES string of the molecule is C[C@H](OC(=O)CNC(=O)c1cccc(F)c1)C(=O)Nc1ccc(F)cc1Cl. The molecule has 2 amide bonds. The van der Waals surface area contributed by atoms with Crippen molar-refractivity contribution in [2.24, 2.45) is 0 Å². The maximum Gasteiger partial charge on any atom is 0.326 e. The number of ether oxygens (including phenoxy) is 1. The van der Waals surface area contributed by atoms with E-state index in [1.807, 2.05) is 0 Å². The van der Waals surface area contributed by atoms with Gasteiger partial charge in [0.05, 0.1) is 10.7 Å². The maximum atomic E-state index is 13.1. The average Bonchev–Trinajstić information content (AvgIpc) is 2.61. The minimum absolute atomic E-state index is 0.00997. The molecule has 2 aromatic carbocycles. The number of hydrogen-bond acceptors (Lipinski definition) is 4. The first-order valence-corrected chi connectivity index (χ1v) is 8.13. The minimum Gasteiger partial charge on any atom is -0.451 e. The van der Waals surface area contributed by atoms with Gasteiger partial charge in [0.25, 0.3) is 11.8 Å². The maximum absolute atomic E-state index is 13.1. The summed E-state index contributed by atoms with van der Waals surface area (Å²) in [5, 5.41) is 4.65. The molecule has 0 saturated carbocycles. The Morgan fingerprint density at radius 3 is 2.48 bits per heavy atom. The Bertz CT molecular complexity index is 876. The highest BCUT2D eigenvalue weighted by Crippen LogP contribution is 2.22. The third kappa shape index (κ3) is 6.03. The molecule has 0 aliphatic heterocycles. The van der Waals surface area contributed by atoms with E-state index in [0.717, 1.165) is 18.2 Å². The Labute approximate surface area is 158 Å². The molecule has 2 N–H and O–H groups in total. The second-order valence-corrected chi connectivity index (χ2v) is 5.85. The van der Waals surface area contributed by atoms with Crippen LogP contribution in [-0.4, -0.2) is 30.4 Å². The van der Waals surface area contributed by atoms with Crippen molar-refractivity contribution >= 4 is 35.1 Å². The van der Waals surface area contributed by atoms with E-state index in [9.17, 15) is 23.2 Å². The summed E-state index contributed by atoms with van der Waals surface area (Å²) in [6.45, 7) is 0.809. The van der Waals surface area contributed by atoms with Crippen molar-refractivity contribution < 1.29 is 27.9 Å². The monoisotopic (exact) mass is 396 g/mol. The molecule has 0 saturated heterocycles. The Morgan fingerprint density at radius 1 is 1.11 bits per heavy atom. The van der Waals surface area contributed by atoms with Crippen LogP contribution in [-0.2, 0) is 14.3 Å². The smallest absolute Gasteiger partial charge is 0.326 e. The second kappa shape index (κ2) is 9.09. The molecule has 2 aromatic rings. The molecule has 0 bridgehead atoms. The standard InChI is InChI=1S/C18H15ClF2N2O4/c1-10(17(25)23-15-6-5-13(21)8-14(15)19)27-16(24)9-22-18(26)11-3-2-4-12(20)7-11/h2-8,10H,9H2,1H3,(H,22,26)(H,23,25)/t10-/m0/s1. The van der Waals surface area contributed by atoms with Crippen LogP contribution < -0.4 is 10.6 Å². The number of hydrogen-bond donors (Lipinski definition) is 2. The number of carbonyl (C=O) groups excluding carboxylic acids is 3. The topological polar surface area (TPSA) is 84.5 Å². The van der Waals surface area contributed by atoms with E-state index in [0.29, 0.717) is 0 Å². The number of carbonyl (C=O) groups is 3. The van der Waals surface area contributed by atoms with Crippen LogP contribution >= 0.6 is 11.6 Å². The van der Waals surface area contributed by atoms with E-state index in [1.54, 1.807) is 0 Å². The first-order chi connectivity index (χ1) is 12.8. The molecule has 6 nitrogen and oxygen atoms in total. The van der Waals surface area contributed by atoms with Gasteiger partial charge in [-0.05, 0) is 43.3 Å². The van der Waals surface area contributed by atoms with Gasteiger partial charge in [-0.3, -0.25) is 14.4 Å². The van der Waals surface area contributed by atoms with Crippen molar-refractivity contribution in [3.63, 3.8) is 0 Å². The van der Waals surface area contributed by atoms with Gasteiger partial charge in [-0.1, -0.05) is 17.7 Å². The molecule has 0 heterocycles. The largest absolute Gasteiger partial charge is 0.451 e.